The van der Waals surface area contributed by atoms with Crippen molar-refractivity contribution in [3.8, 4) is 11.1 Å². The third-order valence-corrected chi connectivity index (χ3v) is 4.83. The van der Waals surface area contributed by atoms with Crippen LogP contribution in [0.5, 0.6) is 0 Å². The number of aryl methyl sites for hydroxylation is 2. The maximum atomic E-state index is 11.7. The molecule has 0 fully saturated rings. The van der Waals surface area contributed by atoms with Crippen molar-refractivity contribution in [2.24, 2.45) is 7.05 Å². The zero-order chi connectivity index (χ0) is 20.5. The van der Waals surface area contributed by atoms with E-state index in [1.807, 2.05) is 34.0 Å². The highest BCUT2D eigenvalue weighted by Gasteiger charge is 2.18. The highest BCUT2D eigenvalue weighted by Crippen LogP contribution is 2.29. The molecule has 0 aliphatic heterocycles. The Morgan fingerprint density at radius 1 is 1.32 bits per heavy atom. The average Bonchev–Trinajstić information content (AvgIpc) is 3.20. The number of carbonyl (C=O) groups is 1. The summed E-state index contributed by atoms with van der Waals surface area (Å²) in [5.74, 6) is 0.482. The molecule has 0 aliphatic rings. The number of nitrogens with one attached hydrogen (secondary N) is 1. The second kappa shape index (κ2) is 7.78. The van der Waals surface area contributed by atoms with Gasteiger partial charge >= 0.3 is 6.09 Å². The fraction of sp³-hybridized carbons (Fsp3) is 0.444. The predicted octanol–water partition coefficient (Wildman–Crippen LogP) is 2.93. The number of alkyl carbamates (subject to hydrolysis) is 1. The van der Waals surface area contributed by atoms with Crippen LogP contribution in [-0.4, -0.2) is 42.6 Å². The van der Waals surface area contributed by atoms with Gasteiger partial charge in [-0.25, -0.2) is 9.78 Å². The Kier molecular flexibility index (Phi) is 5.59. The topological polar surface area (TPSA) is 112 Å². The number of fused-ring (bicyclic) bond motifs is 1. The zero-order valence-electron chi connectivity index (χ0n) is 16.4. The monoisotopic (exact) mass is 449 g/mol. The normalized spacial score (nSPS) is 11.8. The van der Waals surface area contributed by atoms with Crippen LogP contribution in [0, 0.1) is 0 Å². The van der Waals surface area contributed by atoms with Gasteiger partial charge in [0.2, 0.25) is 0 Å². The van der Waals surface area contributed by atoms with E-state index >= 15 is 0 Å². The molecule has 0 saturated carbocycles. The number of hydrogen-bond donors (Lipinski definition) is 2. The number of rotatable bonds is 5. The molecule has 0 radical (unpaired) electrons. The third-order valence-electron chi connectivity index (χ3n) is 3.97. The first-order valence-corrected chi connectivity index (χ1v) is 9.72. The first-order chi connectivity index (χ1) is 13.2. The molecular formula is C18H24BrN7O2. The van der Waals surface area contributed by atoms with Crippen LogP contribution in [0.3, 0.4) is 0 Å². The standard InChI is InChI=1S/C18H24BrN7O2/c1-18(2,3)28-17(27)21-7-5-6-13-14(19)15(20)26-16(24-13)12(9-23-26)11-8-22-25(4)10-11/h8-10H,5-7,20H2,1-4H3,(H,21,27). The number of halogens is 1. The molecule has 0 atom stereocenters. The molecule has 150 valence electrons. The van der Waals surface area contributed by atoms with Crippen molar-refractivity contribution in [2.75, 3.05) is 12.3 Å². The van der Waals surface area contributed by atoms with E-state index in [0.29, 0.717) is 35.3 Å². The van der Waals surface area contributed by atoms with Crippen molar-refractivity contribution in [1.29, 1.82) is 0 Å². The van der Waals surface area contributed by atoms with Crippen LogP contribution in [0.15, 0.2) is 23.1 Å². The summed E-state index contributed by atoms with van der Waals surface area (Å²) in [6.45, 7) is 5.97. The molecule has 3 aromatic rings. The Hall–Kier alpha value is -2.62. The Morgan fingerprint density at radius 2 is 2.07 bits per heavy atom. The molecule has 9 nitrogen and oxygen atoms in total. The van der Waals surface area contributed by atoms with Gasteiger partial charge in [-0.05, 0) is 49.5 Å². The molecule has 0 spiro atoms. The summed E-state index contributed by atoms with van der Waals surface area (Å²) in [5.41, 5.74) is 8.98. The van der Waals surface area contributed by atoms with E-state index in [2.05, 4.69) is 31.4 Å². The molecule has 10 heteroatoms. The van der Waals surface area contributed by atoms with Gasteiger partial charge in [-0.3, -0.25) is 4.68 Å². The third kappa shape index (κ3) is 4.44. The fourth-order valence-electron chi connectivity index (χ4n) is 2.73. The van der Waals surface area contributed by atoms with Crippen LogP contribution in [0.4, 0.5) is 10.6 Å². The highest BCUT2D eigenvalue weighted by molar-refractivity contribution is 9.10. The molecule has 3 N–H and O–H groups in total. The number of nitrogen functional groups attached to an aromatic ring is 1. The van der Waals surface area contributed by atoms with E-state index in [1.165, 1.54) is 0 Å². The first kappa shape index (κ1) is 20.1. The van der Waals surface area contributed by atoms with E-state index < -0.39 is 11.7 Å². The summed E-state index contributed by atoms with van der Waals surface area (Å²) < 4.78 is 9.27. The summed E-state index contributed by atoms with van der Waals surface area (Å²) >= 11 is 3.51. The fourth-order valence-corrected chi connectivity index (χ4v) is 3.19. The van der Waals surface area contributed by atoms with E-state index in [-0.39, 0.29) is 0 Å². The van der Waals surface area contributed by atoms with Crippen molar-refractivity contribution in [3.05, 3.63) is 28.8 Å². The SMILES string of the molecule is Cn1cc(-c2cnn3c(N)c(Br)c(CCCNC(=O)OC(C)(C)C)nc23)cn1. The maximum Gasteiger partial charge on any atom is 0.407 e. The minimum atomic E-state index is -0.515. The first-order valence-electron chi connectivity index (χ1n) is 8.93. The van der Waals surface area contributed by atoms with Crippen molar-refractivity contribution in [1.82, 2.24) is 29.7 Å². The largest absolute Gasteiger partial charge is 0.444 e. The number of carbonyl (C=O) groups excluding carboxylic acids is 1. The molecule has 0 saturated heterocycles. The van der Waals surface area contributed by atoms with Crippen molar-refractivity contribution >= 4 is 33.5 Å². The number of anilines is 1. The Balaban J connectivity index is 1.74. The molecule has 3 rings (SSSR count). The van der Waals surface area contributed by atoms with E-state index in [9.17, 15) is 4.79 Å². The number of nitrogens with zero attached hydrogens (tertiary/aromatic N) is 5. The van der Waals surface area contributed by atoms with Crippen LogP contribution in [0.1, 0.15) is 32.9 Å². The van der Waals surface area contributed by atoms with E-state index in [4.69, 9.17) is 15.5 Å². The minimum absolute atomic E-state index is 0.427. The Bertz CT molecular complexity index is 1000. The molecular weight excluding hydrogens is 426 g/mol. The van der Waals surface area contributed by atoms with Crippen LogP contribution in [-0.2, 0) is 18.2 Å². The van der Waals surface area contributed by atoms with Crippen molar-refractivity contribution in [3.63, 3.8) is 0 Å². The second-order valence-electron chi connectivity index (χ2n) is 7.49. The van der Waals surface area contributed by atoms with Gasteiger partial charge in [0.05, 0.1) is 22.6 Å². The van der Waals surface area contributed by atoms with Gasteiger partial charge in [-0.1, -0.05) is 0 Å². The molecule has 0 aliphatic carbocycles. The van der Waals surface area contributed by atoms with E-state index in [0.717, 1.165) is 16.8 Å². The number of hydrogen-bond acceptors (Lipinski definition) is 6. The maximum absolute atomic E-state index is 11.7. The highest BCUT2D eigenvalue weighted by atomic mass is 79.9. The van der Waals surface area contributed by atoms with Gasteiger partial charge in [-0.2, -0.15) is 14.7 Å². The van der Waals surface area contributed by atoms with Crippen LogP contribution in [0.25, 0.3) is 16.8 Å². The second-order valence-corrected chi connectivity index (χ2v) is 8.28. The van der Waals surface area contributed by atoms with Gasteiger partial charge in [0, 0.05) is 30.9 Å². The number of nitrogens with two attached hydrogens (primary N) is 1. The van der Waals surface area contributed by atoms with Crippen LogP contribution >= 0.6 is 15.9 Å². The number of ether oxygens (including phenoxy) is 1. The smallest absolute Gasteiger partial charge is 0.407 e. The molecule has 0 bridgehead atoms. The predicted molar refractivity (Wildman–Crippen MR) is 110 cm³/mol. The van der Waals surface area contributed by atoms with Crippen LogP contribution in [0.2, 0.25) is 0 Å². The van der Waals surface area contributed by atoms with Gasteiger partial charge in [0.1, 0.15) is 11.4 Å². The van der Waals surface area contributed by atoms with Crippen molar-refractivity contribution in [2.45, 2.75) is 39.2 Å². The van der Waals surface area contributed by atoms with Gasteiger partial charge in [0.25, 0.3) is 0 Å². The minimum Gasteiger partial charge on any atom is -0.444 e. The van der Waals surface area contributed by atoms with E-state index in [1.54, 1.807) is 21.6 Å². The molecule has 28 heavy (non-hydrogen) atoms. The molecule has 3 aromatic heterocycles. The zero-order valence-corrected chi connectivity index (χ0v) is 17.9. The van der Waals surface area contributed by atoms with Gasteiger partial charge < -0.3 is 15.8 Å². The lowest BCUT2D eigenvalue weighted by Crippen LogP contribution is -2.33. The molecule has 3 heterocycles. The quantitative estimate of drug-likeness (QED) is 0.578. The lowest BCUT2D eigenvalue weighted by Gasteiger charge is -2.19. The average molecular weight is 450 g/mol. The summed E-state index contributed by atoms with van der Waals surface area (Å²) in [6.07, 6.45) is 6.30. The summed E-state index contributed by atoms with van der Waals surface area (Å²) in [4.78, 5) is 16.5. The molecule has 0 unspecified atom stereocenters. The van der Waals surface area contributed by atoms with Crippen molar-refractivity contribution < 1.29 is 9.53 Å². The number of aromatic nitrogens is 5. The summed E-state index contributed by atoms with van der Waals surface area (Å²) in [6, 6.07) is 0. The van der Waals surface area contributed by atoms with Gasteiger partial charge in [0.15, 0.2) is 5.65 Å². The Morgan fingerprint density at radius 3 is 2.71 bits per heavy atom. The summed E-state index contributed by atoms with van der Waals surface area (Å²) in [5, 5.41) is 11.3. The molecule has 1 amide bonds. The lowest BCUT2D eigenvalue weighted by molar-refractivity contribution is 0.0527. The Labute approximate surface area is 171 Å². The summed E-state index contributed by atoms with van der Waals surface area (Å²) in [7, 11) is 1.86. The van der Waals surface area contributed by atoms with Gasteiger partial charge in [-0.15, -0.1) is 0 Å². The van der Waals surface area contributed by atoms with Crippen LogP contribution < -0.4 is 11.1 Å². The molecule has 0 aromatic carbocycles. The number of amides is 1. The lowest BCUT2D eigenvalue weighted by atomic mass is 10.2.